The van der Waals surface area contributed by atoms with Crippen LogP contribution in [0.3, 0.4) is 0 Å². The Balaban J connectivity index is -0.000000551. The van der Waals surface area contributed by atoms with Gasteiger partial charge in [0.25, 0.3) is 0 Å². The van der Waals surface area contributed by atoms with Crippen LogP contribution in [0, 0.1) is 0 Å². The Hall–Kier alpha value is -0.990. The molecule has 0 aliphatic rings. The molecule has 0 bridgehead atoms. The summed E-state index contributed by atoms with van der Waals surface area (Å²) in [6, 6.07) is 9.33. The van der Waals surface area contributed by atoms with Crippen LogP contribution < -0.4 is 0 Å². The van der Waals surface area contributed by atoms with Gasteiger partial charge in [0.2, 0.25) is 0 Å². The van der Waals surface area contributed by atoms with Crippen LogP contribution in [0.1, 0.15) is 63.9 Å². The number of rotatable bonds is 10. The van der Waals surface area contributed by atoms with E-state index in [4.69, 9.17) is 4.74 Å². The Bertz CT molecular complexity index is 402. The van der Waals surface area contributed by atoms with Crippen LogP contribution in [-0.4, -0.2) is 40.2 Å². The van der Waals surface area contributed by atoms with E-state index < -0.39 is 5.92 Å². The number of carbonyl (C=O) groups is 1. The van der Waals surface area contributed by atoms with Crippen molar-refractivity contribution in [2.45, 2.75) is 64.4 Å². The van der Waals surface area contributed by atoms with Crippen LogP contribution in [0.4, 0.5) is 0 Å². The minimum Gasteiger partial charge on any atom is -0.462 e. The summed E-state index contributed by atoms with van der Waals surface area (Å²) in [4.78, 5) is 12.3. The summed E-state index contributed by atoms with van der Waals surface area (Å²) in [5, 5.41) is 9.48. The van der Waals surface area contributed by atoms with Crippen molar-refractivity contribution in [3.05, 3.63) is 35.9 Å². The highest BCUT2D eigenvalue weighted by Crippen LogP contribution is 2.20. The fraction of sp³-hybridized carbons (Fsp3) is 0.611. The maximum Gasteiger partial charge on any atom is 0.316 e. The Morgan fingerprint density at radius 1 is 1.04 bits per heavy atom. The van der Waals surface area contributed by atoms with Gasteiger partial charge in [-0.05, 0) is 24.8 Å². The van der Waals surface area contributed by atoms with Gasteiger partial charge in [0.05, 0.1) is 6.61 Å². The molecule has 0 heterocycles. The van der Waals surface area contributed by atoms with Gasteiger partial charge < -0.3 is 26.3 Å². The average Bonchev–Trinajstić information content (AvgIpc) is 2.52. The highest BCUT2D eigenvalue weighted by molar-refractivity contribution is 8.93. The van der Waals surface area contributed by atoms with Crippen molar-refractivity contribution in [1.82, 2.24) is 0 Å². The number of aliphatic hydroxyl groups excluding tert-OH is 1. The van der Waals surface area contributed by atoms with Crippen molar-refractivity contribution < 1.29 is 31.1 Å². The summed E-state index contributed by atoms with van der Waals surface area (Å²) in [5.41, 5.74) is 0.811. The van der Waals surface area contributed by atoms with E-state index in [-0.39, 0.29) is 52.1 Å². The lowest BCUT2D eigenvalue weighted by Gasteiger charge is -2.20. The average molecular weight is 427 g/mol. The van der Waals surface area contributed by atoms with Crippen molar-refractivity contribution in [2.75, 3.05) is 6.61 Å². The lowest BCUT2D eigenvalue weighted by molar-refractivity contribution is -0.152. The number of esters is 1. The van der Waals surface area contributed by atoms with Crippen LogP contribution in [0.15, 0.2) is 30.3 Å². The molecule has 150 valence electrons. The van der Waals surface area contributed by atoms with Crippen molar-refractivity contribution >= 4 is 23.0 Å². The number of carbonyl (C=O) groups excluding carboxylic acids is 1. The van der Waals surface area contributed by atoms with E-state index in [1.807, 2.05) is 37.3 Å². The summed E-state index contributed by atoms with van der Waals surface area (Å²) in [7, 11) is 0. The molecule has 6 nitrogen and oxygen atoms in total. The standard InChI is InChI=1S/C18H28O3.BrH.3H2O/c1-3-5-6-10-13-16(4-2)21-18(20)17(14-19)15-11-8-7-9-12-15;;;;/h7-9,11-12,16-17,19H,3-6,10,13-14H2,1-2H3;1H;3*1H2. The quantitative estimate of drug-likeness (QED) is 0.452. The molecule has 0 aromatic heterocycles. The smallest absolute Gasteiger partial charge is 0.316 e. The van der Waals surface area contributed by atoms with Crippen LogP contribution in [0.2, 0.25) is 0 Å². The lowest BCUT2D eigenvalue weighted by Crippen LogP contribution is -2.25. The monoisotopic (exact) mass is 426 g/mol. The van der Waals surface area contributed by atoms with E-state index in [0.29, 0.717) is 0 Å². The van der Waals surface area contributed by atoms with Crippen molar-refractivity contribution in [2.24, 2.45) is 0 Å². The minimum atomic E-state index is -0.573. The number of benzene rings is 1. The van der Waals surface area contributed by atoms with Crippen LogP contribution >= 0.6 is 17.0 Å². The highest BCUT2D eigenvalue weighted by atomic mass is 79.9. The first-order chi connectivity index (χ1) is 10.2. The van der Waals surface area contributed by atoms with Crippen LogP contribution in [-0.2, 0) is 9.53 Å². The van der Waals surface area contributed by atoms with Gasteiger partial charge in [-0.2, -0.15) is 0 Å². The van der Waals surface area contributed by atoms with Crippen molar-refractivity contribution in [1.29, 1.82) is 0 Å². The van der Waals surface area contributed by atoms with Gasteiger partial charge in [-0.1, -0.05) is 63.4 Å². The third-order valence-corrected chi connectivity index (χ3v) is 3.79. The largest absolute Gasteiger partial charge is 0.462 e. The van der Waals surface area contributed by atoms with Gasteiger partial charge in [-0.25, -0.2) is 0 Å². The molecule has 2 unspecified atom stereocenters. The third kappa shape index (κ3) is 12.1. The molecule has 0 radical (unpaired) electrons. The van der Waals surface area contributed by atoms with E-state index in [2.05, 4.69) is 6.92 Å². The molecule has 25 heavy (non-hydrogen) atoms. The Morgan fingerprint density at radius 3 is 2.12 bits per heavy atom. The molecule has 1 aromatic carbocycles. The predicted octanol–water partition coefficient (Wildman–Crippen LogP) is 2.16. The van der Waals surface area contributed by atoms with Crippen LogP contribution in [0.5, 0.6) is 0 Å². The molecule has 2 atom stereocenters. The number of ether oxygens (including phenoxy) is 1. The van der Waals surface area contributed by atoms with Gasteiger partial charge >= 0.3 is 5.97 Å². The zero-order valence-corrected chi connectivity index (χ0v) is 16.9. The van der Waals surface area contributed by atoms with Gasteiger partial charge in [-0.3, -0.25) is 4.79 Å². The summed E-state index contributed by atoms with van der Waals surface area (Å²) in [6.07, 6.45) is 6.42. The lowest BCUT2D eigenvalue weighted by atomic mass is 10.00. The second-order valence-electron chi connectivity index (χ2n) is 5.46. The van der Waals surface area contributed by atoms with E-state index in [0.717, 1.165) is 24.8 Å². The fourth-order valence-corrected chi connectivity index (χ4v) is 2.39. The summed E-state index contributed by atoms with van der Waals surface area (Å²) < 4.78 is 5.59. The van der Waals surface area contributed by atoms with Crippen molar-refractivity contribution in [3.63, 3.8) is 0 Å². The van der Waals surface area contributed by atoms with E-state index in [1.54, 1.807) is 0 Å². The van der Waals surface area contributed by atoms with Gasteiger partial charge in [-0.15, -0.1) is 17.0 Å². The molecule has 1 rings (SSSR count). The first-order valence-electron chi connectivity index (χ1n) is 8.09. The van der Waals surface area contributed by atoms with Gasteiger partial charge in [0, 0.05) is 0 Å². The zero-order valence-electron chi connectivity index (χ0n) is 15.2. The maximum atomic E-state index is 12.3. The SMILES string of the molecule is Br.CCCCCCC(CC)OC(=O)C(CO)c1ccccc1.O.O.O. The second-order valence-corrected chi connectivity index (χ2v) is 5.46. The number of halogens is 1. The number of unbranched alkanes of at least 4 members (excludes halogenated alkanes) is 3. The van der Waals surface area contributed by atoms with Gasteiger partial charge in [0.1, 0.15) is 12.0 Å². The third-order valence-electron chi connectivity index (χ3n) is 3.79. The minimum absolute atomic E-state index is 0. The maximum absolute atomic E-state index is 12.3. The molecule has 0 amide bonds. The highest BCUT2D eigenvalue weighted by Gasteiger charge is 2.23. The van der Waals surface area contributed by atoms with Crippen molar-refractivity contribution in [3.8, 4) is 0 Å². The molecular weight excluding hydrogens is 392 g/mol. The summed E-state index contributed by atoms with van der Waals surface area (Å²) in [6.45, 7) is 4.01. The number of hydrogen-bond donors (Lipinski definition) is 1. The normalized spacial score (nSPS) is 11.5. The Kier molecular flexibility index (Phi) is 24.6. The van der Waals surface area contributed by atoms with E-state index in [9.17, 15) is 9.90 Å². The second kappa shape index (κ2) is 19.3. The first-order valence-corrected chi connectivity index (χ1v) is 8.09. The van der Waals surface area contributed by atoms with E-state index in [1.165, 1.54) is 19.3 Å². The number of aliphatic hydroxyl groups is 1. The molecular formula is C18H35BrO6. The Morgan fingerprint density at radius 2 is 1.64 bits per heavy atom. The topological polar surface area (TPSA) is 141 Å². The molecule has 7 heteroatoms. The molecule has 7 N–H and O–H groups in total. The van der Waals surface area contributed by atoms with Gasteiger partial charge in [0.15, 0.2) is 0 Å². The molecule has 0 aliphatic carbocycles. The summed E-state index contributed by atoms with van der Waals surface area (Å²) in [5.74, 6) is -0.887. The van der Waals surface area contributed by atoms with E-state index >= 15 is 0 Å². The molecule has 1 aromatic rings. The molecule has 0 saturated heterocycles. The fourth-order valence-electron chi connectivity index (χ4n) is 2.39. The first kappa shape index (κ1) is 31.7. The van der Waals surface area contributed by atoms with Crippen LogP contribution in [0.25, 0.3) is 0 Å². The summed E-state index contributed by atoms with van der Waals surface area (Å²) >= 11 is 0. The molecule has 0 fully saturated rings. The molecule has 0 saturated carbocycles. The zero-order chi connectivity index (χ0) is 15.5. The molecule has 0 spiro atoms. The molecule has 0 aliphatic heterocycles. The predicted molar refractivity (Wildman–Crippen MR) is 106 cm³/mol. The Labute approximate surface area is 161 Å². The number of hydrogen-bond acceptors (Lipinski definition) is 3.